The summed E-state index contributed by atoms with van der Waals surface area (Å²) in [5.41, 5.74) is 0.848. The van der Waals surface area contributed by atoms with E-state index in [-0.39, 0.29) is 23.6 Å². The summed E-state index contributed by atoms with van der Waals surface area (Å²) >= 11 is 13.7. The summed E-state index contributed by atoms with van der Waals surface area (Å²) in [5.74, 6) is 0.117. The van der Waals surface area contributed by atoms with Gasteiger partial charge in [-0.3, -0.25) is 9.59 Å². The second kappa shape index (κ2) is 12.5. The number of halogens is 2. The van der Waals surface area contributed by atoms with Crippen molar-refractivity contribution in [3.8, 4) is 0 Å². The van der Waals surface area contributed by atoms with Crippen LogP contribution in [0.3, 0.4) is 0 Å². The Morgan fingerprint density at radius 1 is 1.06 bits per heavy atom. The fourth-order valence-electron chi connectivity index (χ4n) is 4.04. The van der Waals surface area contributed by atoms with Crippen LogP contribution in [0.25, 0.3) is 0 Å². The van der Waals surface area contributed by atoms with Gasteiger partial charge in [-0.2, -0.15) is 0 Å². The maximum atomic E-state index is 13.3. The lowest BCUT2D eigenvalue weighted by Crippen LogP contribution is -2.52. The first-order chi connectivity index (χ1) is 15.5. The molecule has 1 N–H and O–H groups in total. The number of hydrogen-bond donors (Lipinski definition) is 1. The van der Waals surface area contributed by atoms with Crippen LogP contribution in [0.1, 0.15) is 51.0 Å². The number of hydrogen-bond acceptors (Lipinski definition) is 3. The van der Waals surface area contributed by atoms with Crippen molar-refractivity contribution in [1.82, 2.24) is 10.2 Å². The van der Waals surface area contributed by atoms with E-state index in [2.05, 4.69) is 5.32 Å². The summed E-state index contributed by atoms with van der Waals surface area (Å²) in [6, 6.07) is 14.8. The van der Waals surface area contributed by atoms with Gasteiger partial charge in [-0.15, -0.1) is 11.8 Å². The molecule has 0 aromatic heterocycles. The number of amides is 2. The van der Waals surface area contributed by atoms with Gasteiger partial charge in [0.05, 0.1) is 15.8 Å². The fraction of sp³-hybridized carbons (Fsp3) is 0.440. The highest BCUT2D eigenvalue weighted by Crippen LogP contribution is 2.25. The van der Waals surface area contributed by atoms with Gasteiger partial charge < -0.3 is 10.2 Å². The molecule has 1 fully saturated rings. The summed E-state index contributed by atoms with van der Waals surface area (Å²) in [6.07, 6.45) is 6.06. The van der Waals surface area contributed by atoms with E-state index in [1.165, 1.54) is 18.2 Å². The Hall–Kier alpha value is -1.69. The highest BCUT2D eigenvalue weighted by atomic mass is 35.5. The van der Waals surface area contributed by atoms with Gasteiger partial charge in [0.1, 0.15) is 6.04 Å². The molecule has 2 aromatic carbocycles. The van der Waals surface area contributed by atoms with E-state index < -0.39 is 6.04 Å². The van der Waals surface area contributed by atoms with E-state index in [1.807, 2.05) is 43.3 Å². The second-order valence-electron chi connectivity index (χ2n) is 8.14. The quantitative estimate of drug-likeness (QED) is 0.415. The topological polar surface area (TPSA) is 49.4 Å². The zero-order valence-electron chi connectivity index (χ0n) is 18.4. The molecular formula is C25H30Cl2N2O2S. The highest BCUT2D eigenvalue weighted by Gasteiger charge is 2.30. The normalized spacial score (nSPS) is 15.2. The van der Waals surface area contributed by atoms with Crippen LogP contribution < -0.4 is 5.32 Å². The van der Waals surface area contributed by atoms with Crippen molar-refractivity contribution < 1.29 is 9.59 Å². The maximum absolute atomic E-state index is 13.3. The summed E-state index contributed by atoms with van der Waals surface area (Å²) in [7, 11) is 0. The van der Waals surface area contributed by atoms with Crippen LogP contribution in [-0.4, -0.2) is 34.6 Å². The van der Waals surface area contributed by atoms with Crippen LogP contribution >= 0.6 is 35.0 Å². The minimum absolute atomic E-state index is 0.0717. The molecule has 1 saturated carbocycles. The van der Waals surface area contributed by atoms with E-state index in [4.69, 9.17) is 23.2 Å². The molecule has 0 heterocycles. The zero-order valence-corrected chi connectivity index (χ0v) is 20.7. The van der Waals surface area contributed by atoms with Gasteiger partial charge in [0.2, 0.25) is 11.8 Å². The van der Waals surface area contributed by atoms with Gasteiger partial charge in [0.15, 0.2) is 0 Å². The molecule has 4 nitrogen and oxygen atoms in total. The van der Waals surface area contributed by atoms with Crippen molar-refractivity contribution in [3.63, 3.8) is 0 Å². The average Bonchev–Trinajstić information content (AvgIpc) is 2.81. The zero-order chi connectivity index (χ0) is 22.9. The summed E-state index contributed by atoms with van der Waals surface area (Å²) < 4.78 is 0. The predicted octanol–water partition coefficient (Wildman–Crippen LogP) is 6.34. The van der Waals surface area contributed by atoms with Crippen molar-refractivity contribution in [2.75, 3.05) is 5.75 Å². The molecule has 172 valence electrons. The van der Waals surface area contributed by atoms with Gasteiger partial charge in [-0.25, -0.2) is 0 Å². The first-order valence-corrected chi connectivity index (χ1v) is 12.9. The van der Waals surface area contributed by atoms with Crippen LogP contribution in [-0.2, 0) is 16.1 Å². The average molecular weight is 494 g/mol. The molecule has 2 aromatic rings. The monoisotopic (exact) mass is 492 g/mol. The third-order valence-electron chi connectivity index (χ3n) is 5.78. The molecule has 0 bridgehead atoms. The Morgan fingerprint density at radius 3 is 2.44 bits per heavy atom. The van der Waals surface area contributed by atoms with Crippen LogP contribution in [0, 0.1) is 0 Å². The van der Waals surface area contributed by atoms with Gasteiger partial charge in [0.25, 0.3) is 0 Å². The van der Waals surface area contributed by atoms with Crippen molar-refractivity contribution in [2.45, 2.75) is 69.0 Å². The minimum atomic E-state index is -0.532. The molecule has 1 unspecified atom stereocenters. The molecule has 1 aliphatic rings. The van der Waals surface area contributed by atoms with Gasteiger partial charge in [-0.05, 0) is 49.1 Å². The lowest BCUT2D eigenvalue weighted by molar-refractivity contribution is -0.139. The van der Waals surface area contributed by atoms with Gasteiger partial charge in [0, 0.05) is 17.5 Å². The summed E-state index contributed by atoms with van der Waals surface area (Å²) in [5, 5.41) is 4.11. The van der Waals surface area contributed by atoms with E-state index in [1.54, 1.807) is 17.0 Å². The molecular weight excluding hydrogens is 463 g/mol. The Labute approximate surface area is 205 Å². The molecule has 7 heteroatoms. The molecule has 0 aliphatic heterocycles. The number of carbonyl (C=O) groups is 2. The lowest BCUT2D eigenvalue weighted by atomic mass is 9.95. The van der Waals surface area contributed by atoms with Crippen LogP contribution in [0.15, 0.2) is 53.4 Å². The SMILES string of the molecule is CCC(C(=O)NC1CCCCC1)N(Cc1ccc(Cl)c(Cl)c1)C(=O)CSc1ccccc1. The first kappa shape index (κ1) is 24.9. The molecule has 0 saturated heterocycles. The number of nitrogens with one attached hydrogen (secondary N) is 1. The first-order valence-electron chi connectivity index (χ1n) is 11.2. The molecule has 1 atom stereocenters. The Bertz CT molecular complexity index is 904. The van der Waals surface area contributed by atoms with E-state index in [9.17, 15) is 9.59 Å². The molecule has 3 rings (SSSR count). The number of thioether (sulfide) groups is 1. The number of carbonyl (C=O) groups excluding carboxylic acids is 2. The van der Waals surface area contributed by atoms with Crippen molar-refractivity contribution in [3.05, 3.63) is 64.1 Å². The predicted molar refractivity (Wildman–Crippen MR) is 133 cm³/mol. The van der Waals surface area contributed by atoms with E-state index >= 15 is 0 Å². The molecule has 1 aliphatic carbocycles. The second-order valence-corrected chi connectivity index (χ2v) is 10.0. The third kappa shape index (κ3) is 7.16. The third-order valence-corrected chi connectivity index (χ3v) is 7.52. The maximum Gasteiger partial charge on any atom is 0.243 e. The molecule has 0 radical (unpaired) electrons. The minimum Gasteiger partial charge on any atom is -0.352 e. The van der Waals surface area contributed by atoms with Crippen molar-refractivity contribution in [2.24, 2.45) is 0 Å². The van der Waals surface area contributed by atoms with E-state index in [0.717, 1.165) is 36.1 Å². The molecule has 2 amide bonds. The number of rotatable bonds is 9. The van der Waals surface area contributed by atoms with Crippen molar-refractivity contribution in [1.29, 1.82) is 0 Å². The van der Waals surface area contributed by atoms with Gasteiger partial charge in [-0.1, -0.05) is 73.7 Å². The lowest BCUT2D eigenvalue weighted by Gasteiger charge is -2.32. The van der Waals surface area contributed by atoms with Crippen LogP contribution in [0.5, 0.6) is 0 Å². The molecule has 32 heavy (non-hydrogen) atoms. The number of nitrogens with zero attached hydrogens (tertiary/aromatic N) is 1. The summed E-state index contributed by atoms with van der Waals surface area (Å²) in [6.45, 7) is 2.26. The Balaban J connectivity index is 1.77. The van der Waals surface area contributed by atoms with Gasteiger partial charge >= 0.3 is 0 Å². The van der Waals surface area contributed by atoms with Crippen LogP contribution in [0.4, 0.5) is 0 Å². The molecule has 0 spiro atoms. The standard InChI is InChI=1S/C25H30Cl2N2O2S/c1-2-23(25(31)28-19-9-5-3-6-10-19)29(16-18-13-14-21(26)22(27)15-18)24(30)17-32-20-11-7-4-8-12-20/h4,7-8,11-15,19,23H,2-3,5-6,9-10,16-17H2,1H3,(H,28,31). The fourth-order valence-corrected chi connectivity index (χ4v) is 5.17. The Kier molecular flexibility index (Phi) is 9.76. The summed E-state index contributed by atoms with van der Waals surface area (Å²) in [4.78, 5) is 29.3. The van der Waals surface area contributed by atoms with Crippen molar-refractivity contribution >= 4 is 46.8 Å². The smallest absolute Gasteiger partial charge is 0.243 e. The van der Waals surface area contributed by atoms with Crippen LogP contribution in [0.2, 0.25) is 10.0 Å². The largest absolute Gasteiger partial charge is 0.352 e. The van der Waals surface area contributed by atoms with E-state index in [0.29, 0.717) is 23.0 Å². The highest BCUT2D eigenvalue weighted by molar-refractivity contribution is 8.00. The Morgan fingerprint density at radius 2 is 1.78 bits per heavy atom. The number of benzene rings is 2.